The Morgan fingerprint density at radius 1 is 0.963 bits per heavy atom. The van der Waals surface area contributed by atoms with Crippen LogP contribution in [0.3, 0.4) is 0 Å². The van der Waals surface area contributed by atoms with Crippen molar-refractivity contribution >= 4 is 17.3 Å². The first kappa shape index (κ1) is 20.3. The number of benzene rings is 2. The summed E-state index contributed by atoms with van der Waals surface area (Å²) in [5.41, 5.74) is 1.56. The Labute approximate surface area is 160 Å². The first-order chi connectivity index (χ1) is 13.2. The van der Waals surface area contributed by atoms with E-state index in [1.807, 2.05) is 43.3 Å². The number of nitrogens with one attached hydrogen (secondary N) is 2. The average Bonchev–Trinajstić information content (AvgIpc) is 2.70. The molecule has 0 atom stereocenters. The summed E-state index contributed by atoms with van der Waals surface area (Å²) >= 11 is 0. The fourth-order valence-corrected chi connectivity index (χ4v) is 2.21. The van der Waals surface area contributed by atoms with Crippen LogP contribution in [0.4, 0.5) is 11.4 Å². The molecule has 2 N–H and O–H groups in total. The van der Waals surface area contributed by atoms with Crippen LogP contribution in [-0.4, -0.2) is 38.9 Å². The van der Waals surface area contributed by atoms with Gasteiger partial charge in [-0.15, -0.1) is 0 Å². The number of hydrogen-bond donors (Lipinski definition) is 2. The SMILES string of the molecule is C=CCOc1ccc(NCC(=O)Nc2ccc(OCCOCC)cc2)cc1. The monoisotopic (exact) mass is 370 g/mol. The van der Waals surface area contributed by atoms with Gasteiger partial charge in [0.15, 0.2) is 0 Å². The number of carbonyl (C=O) groups excluding carboxylic acids is 1. The lowest BCUT2D eigenvalue weighted by atomic mass is 10.3. The predicted octanol–water partition coefficient (Wildman–Crippen LogP) is 3.72. The van der Waals surface area contributed by atoms with Crippen molar-refractivity contribution in [2.24, 2.45) is 0 Å². The molecular formula is C21H26N2O4. The minimum atomic E-state index is -0.132. The number of carbonyl (C=O) groups is 1. The zero-order chi connectivity index (χ0) is 19.3. The normalized spacial score (nSPS) is 10.1. The van der Waals surface area contributed by atoms with Crippen LogP contribution in [0.15, 0.2) is 61.2 Å². The summed E-state index contributed by atoms with van der Waals surface area (Å²) in [6.07, 6.45) is 1.69. The number of ether oxygens (including phenoxy) is 3. The molecule has 0 aliphatic carbocycles. The van der Waals surface area contributed by atoms with Crippen molar-refractivity contribution in [1.29, 1.82) is 0 Å². The lowest BCUT2D eigenvalue weighted by Crippen LogP contribution is -2.21. The van der Waals surface area contributed by atoms with E-state index in [0.29, 0.717) is 32.1 Å². The van der Waals surface area contributed by atoms with Gasteiger partial charge in [0.1, 0.15) is 24.7 Å². The molecule has 2 rings (SSSR count). The maximum absolute atomic E-state index is 12.1. The lowest BCUT2D eigenvalue weighted by molar-refractivity contribution is -0.114. The van der Waals surface area contributed by atoms with Crippen molar-refractivity contribution in [3.05, 3.63) is 61.2 Å². The molecule has 0 aliphatic heterocycles. The topological polar surface area (TPSA) is 68.8 Å². The van der Waals surface area contributed by atoms with Crippen LogP contribution in [0, 0.1) is 0 Å². The molecule has 0 saturated carbocycles. The molecule has 0 aromatic heterocycles. The van der Waals surface area contributed by atoms with Crippen LogP contribution in [0.25, 0.3) is 0 Å². The summed E-state index contributed by atoms with van der Waals surface area (Å²) in [6.45, 7) is 7.92. The van der Waals surface area contributed by atoms with Crippen molar-refractivity contribution < 1.29 is 19.0 Å². The second-order valence-electron chi connectivity index (χ2n) is 5.60. The Bertz CT molecular complexity index is 699. The summed E-state index contributed by atoms with van der Waals surface area (Å²) < 4.78 is 16.2. The van der Waals surface area contributed by atoms with Crippen LogP contribution in [-0.2, 0) is 9.53 Å². The molecule has 0 fully saturated rings. The van der Waals surface area contributed by atoms with Gasteiger partial charge >= 0.3 is 0 Å². The third kappa shape index (κ3) is 7.83. The zero-order valence-corrected chi connectivity index (χ0v) is 15.6. The van der Waals surface area contributed by atoms with Gasteiger partial charge in [-0.05, 0) is 55.5 Å². The number of hydrogen-bond acceptors (Lipinski definition) is 5. The molecule has 0 spiro atoms. The van der Waals surface area contributed by atoms with Crippen LogP contribution in [0.5, 0.6) is 11.5 Å². The van der Waals surface area contributed by atoms with Gasteiger partial charge in [0.2, 0.25) is 5.91 Å². The van der Waals surface area contributed by atoms with Gasteiger partial charge in [-0.25, -0.2) is 0 Å². The highest BCUT2D eigenvalue weighted by atomic mass is 16.5. The summed E-state index contributed by atoms with van der Waals surface area (Å²) in [6, 6.07) is 14.6. The molecule has 144 valence electrons. The third-order valence-corrected chi connectivity index (χ3v) is 3.51. The molecule has 2 aromatic carbocycles. The van der Waals surface area contributed by atoms with E-state index in [2.05, 4.69) is 17.2 Å². The van der Waals surface area contributed by atoms with Crippen molar-refractivity contribution in [3.8, 4) is 11.5 Å². The summed E-state index contributed by atoms with van der Waals surface area (Å²) in [5, 5.41) is 5.91. The maximum atomic E-state index is 12.1. The van der Waals surface area contributed by atoms with Crippen LogP contribution in [0.1, 0.15) is 6.92 Å². The van der Waals surface area contributed by atoms with Crippen molar-refractivity contribution in [3.63, 3.8) is 0 Å². The second-order valence-corrected chi connectivity index (χ2v) is 5.60. The molecule has 1 amide bonds. The van der Waals surface area contributed by atoms with Gasteiger partial charge in [0.25, 0.3) is 0 Å². The van der Waals surface area contributed by atoms with Gasteiger partial charge in [-0.3, -0.25) is 4.79 Å². The quantitative estimate of drug-likeness (QED) is 0.440. The highest BCUT2D eigenvalue weighted by Gasteiger charge is 2.03. The summed E-state index contributed by atoms with van der Waals surface area (Å²) in [5.74, 6) is 1.37. The molecule has 6 nitrogen and oxygen atoms in total. The van der Waals surface area contributed by atoms with Crippen molar-refractivity contribution in [2.45, 2.75) is 6.92 Å². The van der Waals surface area contributed by atoms with Gasteiger partial charge < -0.3 is 24.8 Å². The molecule has 2 aromatic rings. The first-order valence-electron chi connectivity index (χ1n) is 8.89. The first-order valence-corrected chi connectivity index (χ1v) is 8.89. The molecule has 0 aliphatic rings. The Morgan fingerprint density at radius 3 is 2.22 bits per heavy atom. The van der Waals surface area contributed by atoms with Gasteiger partial charge in [0.05, 0.1) is 13.2 Å². The molecule has 0 saturated heterocycles. The van der Waals surface area contributed by atoms with E-state index in [0.717, 1.165) is 17.2 Å². The Hall–Kier alpha value is -2.99. The number of amides is 1. The van der Waals surface area contributed by atoms with Crippen molar-refractivity contribution in [1.82, 2.24) is 0 Å². The van der Waals surface area contributed by atoms with E-state index >= 15 is 0 Å². The van der Waals surface area contributed by atoms with E-state index in [4.69, 9.17) is 14.2 Å². The Kier molecular flexibility index (Phi) is 8.73. The number of anilines is 2. The zero-order valence-electron chi connectivity index (χ0n) is 15.6. The fourth-order valence-electron chi connectivity index (χ4n) is 2.21. The molecule has 27 heavy (non-hydrogen) atoms. The van der Waals surface area contributed by atoms with Crippen LogP contribution >= 0.6 is 0 Å². The molecular weight excluding hydrogens is 344 g/mol. The van der Waals surface area contributed by atoms with Gasteiger partial charge in [-0.1, -0.05) is 12.7 Å². The minimum Gasteiger partial charge on any atom is -0.491 e. The minimum absolute atomic E-state index is 0.132. The highest BCUT2D eigenvalue weighted by molar-refractivity contribution is 5.93. The van der Waals surface area contributed by atoms with E-state index in [1.54, 1.807) is 18.2 Å². The van der Waals surface area contributed by atoms with E-state index in [9.17, 15) is 4.79 Å². The largest absolute Gasteiger partial charge is 0.491 e. The van der Waals surface area contributed by atoms with E-state index < -0.39 is 0 Å². The van der Waals surface area contributed by atoms with Crippen LogP contribution in [0.2, 0.25) is 0 Å². The second kappa shape index (κ2) is 11.6. The summed E-state index contributed by atoms with van der Waals surface area (Å²) in [7, 11) is 0. The predicted molar refractivity (Wildman–Crippen MR) is 108 cm³/mol. The smallest absolute Gasteiger partial charge is 0.243 e. The third-order valence-electron chi connectivity index (χ3n) is 3.51. The standard InChI is InChI=1S/C21H26N2O4/c1-3-13-26-19-9-5-17(6-10-19)22-16-21(24)23-18-7-11-20(12-8-18)27-15-14-25-4-2/h3,5-12,22H,1,4,13-16H2,2H3,(H,23,24). The van der Waals surface area contributed by atoms with Crippen molar-refractivity contribution in [2.75, 3.05) is 43.6 Å². The van der Waals surface area contributed by atoms with E-state index in [1.165, 1.54) is 0 Å². The van der Waals surface area contributed by atoms with E-state index in [-0.39, 0.29) is 12.5 Å². The van der Waals surface area contributed by atoms with Gasteiger partial charge in [-0.2, -0.15) is 0 Å². The summed E-state index contributed by atoms with van der Waals surface area (Å²) in [4.78, 5) is 12.1. The number of rotatable bonds is 12. The lowest BCUT2D eigenvalue weighted by Gasteiger charge is -2.10. The van der Waals surface area contributed by atoms with Gasteiger partial charge in [0, 0.05) is 18.0 Å². The molecule has 0 bridgehead atoms. The molecule has 0 heterocycles. The molecule has 6 heteroatoms. The fraction of sp³-hybridized carbons (Fsp3) is 0.286. The Morgan fingerprint density at radius 2 is 1.59 bits per heavy atom. The average molecular weight is 370 g/mol. The Balaban J connectivity index is 1.72. The van der Waals surface area contributed by atoms with Crippen LogP contribution < -0.4 is 20.1 Å². The highest BCUT2D eigenvalue weighted by Crippen LogP contribution is 2.17. The molecule has 0 unspecified atom stereocenters. The molecule has 0 radical (unpaired) electrons. The maximum Gasteiger partial charge on any atom is 0.243 e.